The summed E-state index contributed by atoms with van der Waals surface area (Å²) in [6.07, 6.45) is -5.45. The number of carboxylic acids is 1. The van der Waals surface area contributed by atoms with Crippen molar-refractivity contribution in [2.24, 2.45) is 0 Å². The Kier molecular flexibility index (Phi) is 4.82. The van der Waals surface area contributed by atoms with E-state index in [0.29, 0.717) is 0 Å². The molecule has 0 saturated carbocycles. The van der Waals surface area contributed by atoms with Crippen molar-refractivity contribution < 1.29 is 32.5 Å². The van der Waals surface area contributed by atoms with Gasteiger partial charge >= 0.3 is 12.3 Å². The lowest BCUT2D eigenvalue weighted by Gasteiger charge is -2.14. The largest absolute Gasteiger partial charge is 0.573 e. The molecule has 5 nitrogen and oxygen atoms in total. The molecule has 0 aliphatic carbocycles. The van der Waals surface area contributed by atoms with Crippen molar-refractivity contribution in [3.05, 3.63) is 17.3 Å². The third kappa shape index (κ3) is 4.47. The van der Waals surface area contributed by atoms with Crippen LogP contribution in [0.3, 0.4) is 0 Å². The molecular weight excluding hydrogens is 291 g/mol. The van der Waals surface area contributed by atoms with Crippen molar-refractivity contribution in [2.45, 2.75) is 18.7 Å². The van der Waals surface area contributed by atoms with E-state index < -0.39 is 30.4 Å². The van der Waals surface area contributed by atoms with E-state index in [1.54, 1.807) is 0 Å². The zero-order valence-corrected chi connectivity index (χ0v) is 10.4. The van der Waals surface area contributed by atoms with Gasteiger partial charge in [0.2, 0.25) is 0 Å². The van der Waals surface area contributed by atoms with Gasteiger partial charge in [-0.3, -0.25) is 4.79 Å². The molecule has 0 spiro atoms. The molecule has 0 unspecified atom stereocenters. The number of carbonyl (C=O) groups is 1. The maximum atomic E-state index is 12.2. The van der Waals surface area contributed by atoms with Crippen LogP contribution in [0.4, 0.5) is 13.2 Å². The number of alkyl halides is 4. The van der Waals surface area contributed by atoms with Gasteiger partial charge in [-0.15, -0.1) is 24.8 Å². The highest BCUT2D eigenvalue weighted by atomic mass is 35.5. The lowest BCUT2D eigenvalue weighted by molar-refractivity contribution is -0.275. The van der Waals surface area contributed by atoms with E-state index in [4.69, 9.17) is 16.7 Å². The maximum Gasteiger partial charge on any atom is 0.573 e. The molecule has 0 radical (unpaired) electrons. The Hall–Kier alpha value is -1.70. The SMILES string of the molecule is COc1nc(CCl)c(CC(=O)O)cc1OC(F)(F)F. The molecule has 0 aromatic carbocycles. The van der Waals surface area contributed by atoms with Crippen molar-refractivity contribution in [2.75, 3.05) is 7.11 Å². The fraction of sp³-hybridized carbons (Fsp3) is 0.400. The Morgan fingerprint density at radius 1 is 1.53 bits per heavy atom. The second kappa shape index (κ2) is 5.96. The number of pyridine rings is 1. The van der Waals surface area contributed by atoms with Crippen LogP contribution < -0.4 is 9.47 Å². The normalized spacial score (nSPS) is 11.2. The number of rotatable bonds is 5. The smallest absolute Gasteiger partial charge is 0.481 e. The predicted molar refractivity (Wildman–Crippen MR) is 58.4 cm³/mol. The molecule has 0 aliphatic heterocycles. The highest BCUT2D eigenvalue weighted by Gasteiger charge is 2.33. The van der Waals surface area contributed by atoms with Crippen LogP contribution in [0.1, 0.15) is 11.3 Å². The summed E-state index contributed by atoms with van der Waals surface area (Å²) in [4.78, 5) is 14.3. The van der Waals surface area contributed by atoms with Gasteiger partial charge in [-0.25, -0.2) is 4.98 Å². The first-order valence-corrected chi connectivity index (χ1v) is 5.40. The fourth-order valence-corrected chi connectivity index (χ4v) is 1.56. The molecule has 9 heteroatoms. The molecular formula is C10H9ClF3NO4. The summed E-state index contributed by atoms with van der Waals surface area (Å²) in [6, 6.07) is 0.908. The Balaban J connectivity index is 3.24. The molecule has 0 fully saturated rings. The van der Waals surface area contributed by atoms with Gasteiger partial charge < -0.3 is 14.6 Å². The standard InChI is InChI=1S/C10H9ClF3NO4/c1-18-9-7(19-10(12,13)14)2-5(3-8(16)17)6(4-11)15-9/h2H,3-4H2,1H3,(H,16,17). The van der Waals surface area contributed by atoms with Crippen molar-refractivity contribution in [1.82, 2.24) is 4.98 Å². The van der Waals surface area contributed by atoms with E-state index in [2.05, 4.69) is 14.5 Å². The number of aliphatic carboxylic acids is 1. The Bertz CT molecular complexity index is 479. The van der Waals surface area contributed by atoms with Gasteiger partial charge in [0.15, 0.2) is 5.75 Å². The van der Waals surface area contributed by atoms with E-state index >= 15 is 0 Å². The van der Waals surface area contributed by atoms with Crippen LogP contribution in [0.5, 0.6) is 11.6 Å². The summed E-state index contributed by atoms with van der Waals surface area (Å²) < 4.78 is 44.9. The molecule has 1 aromatic heterocycles. The van der Waals surface area contributed by atoms with Crippen molar-refractivity contribution >= 4 is 17.6 Å². The van der Waals surface area contributed by atoms with Crippen molar-refractivity contribution in [3.8, 4) is 11.6 Å². The van der Waals surface area contributed by atoms with E-state index in [0.717, 1.165) is 13.2 Å². The number of ether oxygens (including phenoxy) is 2. The number of hydrogen-bond donors (Lipinski definition) is 1. The van der Waals surface area contributed by atoms with Gasteiger partial charge in [0.05, 0.1) is 25.1 Å². The quantitative estimate of drug-likeness (QED) is 0.845. The topological polar surface area (TPSA) is 68.7 Å². The highest BCUT2D eigenvalue weighted by molar-refractivity contribution is 6.17. The molecule has 1 rings (SSSR count). The van der Waals surface area contributed by atoms with Crippen molar-refractivity contribution in [1.29, 1.82) is 0 Å². The Morgan fingerprint density at radius 3 is 2.58 bits per heavy atom. The molecule has 0 atom stereocenters. The lowest BCUT2D eigenvalue weighted by Crippen LogP contribution is -2.18. The van der Waals surface area contributed by atoms with Crippen LogP contribution in [0.25, 0.3) is 0 Å². The number of aromatic nitrogens is 1. The van der Waals surface area contributed by atoms with Crippen LogP contribution in [0.15, 0.2) is 6.07 Å². The molecule has 0 saturated heterocycles. The zero-order valence-electron chi connectivity index (χ0n) is 9.62. The third-order valence-corrected chi connectivity index (χ3v) is 2.26. The second-order valence-corrected chi connectivity index (χ2v) is 3.62. The third-order valence-electron chi connectivity index (χ3n) is 2.01. The minimum absolute atomic E-state index is 0.0301. The van der Waals surface area contributed by atoms with Crippen LogP contribution in [-0.4, -0.2) is 29.5 Å². The zero-order chi connectivity index (χ0) is 14.6. The molecule has 0 amide bonds. The summed E-state index contributed by atoms with van der Waals surface area (Å²) in [7, 11) is 1.11. The molecule has 1 heterocycles. The molecule has 106 valence electrons. The first-order chi connectivity index (χ1) is 8.76. The first-order valence-electron chi connectivity index (χ1n) is 4.87. The fourth-order valence-electron chi connectivity index (χ4n) is 1.33. The van der Waals surface area contributed by atoms with Gasteiger partial charge in [-0.05, 0) is 11.6 Å². The highest BCUT2D eigenvalue weighted by Crippen LogP contribution is 2.33. The number of hydrogen-bond acceptors (Lipinski definition) is 4. The molecule has 1 aromatic rings. The first kappa shape index (κ1) is 15.4. The average Bonchev–Trinajstić information content (AvgIpc) is 2.26. The van der Waals surface area contributed by atoms with Gasteiger partial charge in [-0.2, -0.15) is 0 Å². The van der Waals surface area contributed by atoms with E-state index in [9.17, 15) is 18.0 Å². The second-order valence-electron chi connectivity index (χ2n) is 3.35. The lowest BCUT2D eigenvalue weighted by atomic mass is 10.1. The van der Waals surface area contributed by atoms with Gasteiger partial charge in [0.25, 0.3) is 5.88 Å². The van der Waals surface area contributed by atoms with Crippen LogP contribution >= 0.6 is 11.6 Å². The summed E-state index contributed by atoms with van der Waals surface area (Å²) in [6.45, 7) is 0. The average molecular weight is 300 g/mol. The Morgan fingerprint density at radius 2 is 2.16 bits per heavy atom. The number of carboxylic acid groups (broad SMARTS) is 1. The van der Waals surface area contributed by atoms with Crippen LogP contribution in [0, 0.1) is 0 Å². The number of nitrogens with zero attached hydrogens (tertiary/aromatic N) is 1. The summed E-state index contributed by atoms with van der Waals surface area (Å²) >= 11 is 5.56. The predicted octanol–water partition coefficient (Wildman–Crippen LogP) is 2.35. The molecule has 0 aliphatic rings. The van der Waals surface area contributed by atoms with Gasteiger partial charge in [-0.1, -0.05) is 0 Å². The number of halogens is 4. The van der Waals surface area contributed by atoms with Gasteiger partial charge in [0.1, 0.15) is 0 Å². The monoisotopic (exact) mass is 299 g/mol. The molecule has 1 N–H and O–H groups in total. The van der Waals surface area contributed by atoms with E-state index in [1.165, 1.54) is 0 Å². The van der Waals surface area contributed by atoms with E-state index in [1.807, 2.05) is 0 Å². The van der Waals surface area contributed by atoms with Crippen LogP contribution in [0.2, 0.25) is 0 Å². The summed E-state index contributed by atoms with van der Waals surface area (Å²) in [5, 5.41) is 8.67. The molecule has 0 bridgehead atoms. The van der Waals surface area contributed by atoms with Crippen molar-refractivity contribution in [3.63, 3.8) is 0 Å². The minimum atomic E-state index is -4.93. The Labute approximate surface area is 110 Å². The minimum Gasteiger partial charge on any atom is -0.481 e. The van der Waals surface area contributed by atoms with E-state index in [-0.39, 0.29) is 17.1 Å². The summed E-state index contributed by atoms with van der Waals surface area (Å²) in [5.74, 6) is -2.51. The van der Waals surface area contributed by atoms with Crippen LogP contribution in [-0.2, 0) is 17.1 Å². The maximum absolute atomic E-state index is 12.2. The number of methoxy groups -OCH3 is 1. The van der Waals surface area contributed by atoms with Gasteiger partial charge in [0, 0.05) is 0 Å². The molecule has 19 heavy (non-hydrogen) atoms. The summed E-state index contributed by atoms with van der Waals surface area (Å²) in [5.41, 5.74) is 0.151.